The van der Waals surface area contributed by atoms with E-state index < -0.39 is 10.1 Å². The summed E-state index contributed by atoms with van der Waals surface area (Å²) in [6, 6.07) is 0. The summed E-state index contributed by atoms with van der Waals surface area (Å²) < 4.78 is 41.2. The fourth-order valence-corrected chi connectivity index (χ4v) is 2.75. The van der Waals surface area contributed by atoms with Gasteiger partial charge in [-0.2, -0.15) is 8.42 Å². The summed E-state index contributed by atoms with van der Waals surface area (Å²) in [6.45, 7) is 5.74. The smallest absolute Gasteiger partial charge is 0.302 e. The second kappa shape index (κ2) is 7.18. The number of esters is 1. The van der Waals surface area contributed by atoms with Crippen molar-refractivity contribution in [1.82, 2.24) is 0 Å². The van der Waals surface area contributed by atoms with E-state index in [-0.39, 0.29) is 11.7 Å². The highest BCUT2D eigenvalue weighted by molar-refractivity contribution is 7.85. The van der Waals surface area contributed by atoms with Crippen molar-refractivity contribution < 1.29 is 31.7 Å². The summed E-state index contributed by atoms with van der Waals surface area (Å²) in [6.07, 6.45) is 0.388. The van der Waals surface area contributed by atoms with Crippen molar-refractivity contribution in [2.45, 2.75) is 13.3 Å². The van der Waals surface area contributed by atoms with Crippen LogP contribution >= 0.6 is 0 Å². The lowest BCUT2D eigenvalue weighted by Crippen LogP contribution is -2.57. The Morgan fingerprint density at radius 3 is 2.47 bits per heavy atom. The Hall–Kier alpha value is -0.700. The Labute approximate surface area is 113 Å². The normalized spacial score (nSPS) is 19.1. The number of carbonyl (C=O) groups is 1. The van der Waals surface area contributed by atoms with Gasteiger partial charge in [0.15, 0.2) is 0 Å². The van der Waals surface area contributed by atoms with Gasteiger partial charge in [0.05, 0.1) is 25.5 Å². The Bertz CT molecular complexity index is 388. The van der Waals surface area contributed by atoms with Gasteiger partial charge in [-0.15, -0.1) is 0 Å². The molecule has 0 amide bonds. The van der Waals surface area contributed by atoms with Crippen LogP contribution in [0.4, 0.5) is 0 Å². The van der Waals surface area contributed by atoms with Crippen molar-refractivity contribution in [3.8, 4) is 0 Å². The molecule has 0 aromatic carbocycles. The third kappa shape index (κ3) is 6.86. The van der Waals surface area contributed by atoms with Crippen LogP contribution < -0.4 is 0 Å². The summed E-state index contributed by atoms with van der Waals surface area (Å²) >= 11 is 0. The number of carbonyl (C=O) groups excluding carboxylic acids is 1. The van der Waals surface area contributed by atoms with Crippen molar-refractivity contribution in [2.75, 3.05) is 51.8 Å². The van der Waals surface area contributed by atoms with E-state index in [1.165, 1.54) is 6.92 Å². The van der Waals surface area contributed by atoms with Crippen molar-refractivity contribution >= 4 is 16.1 Å². The molecule has 1 N–H and O–H groups in total. The maximum atomic E-state index is 10.8. The number of rotatable bonds is 7. The highest BCUT2D eigenvalue weighted by Gasteiger charge is 2.30. The van der Waals surface area contributed by atoms with Gasteiger partial charge in [0.25, 0.3) is 10.1 Å². The molecule has 1 fully saturated rings. The van der Waals surface area contributed by atoms with E-state index in [0.29, 0.717) is 43.8 Å². The molecule has 0 spiro atoms. The molecular formula is C11H22NO6S+. The molecule has 0 bridgehead atoms. The lowest BCUT2D eigenvalue weighted by atomic mass is 10.2. The van der Waals surface area contributed by atoms with Gasteiger partial charge in [-0.05, 0) is 0 Å². The van der Waals surface area contributed by atoms with Gasteiger partial charge in [-0.1, -0.05) is 0 Å². The first-order valence-electron chi connectivity index (χ1n) is 6.34. The molecule has 1 rings (SSSR count). The van der Waals surface area contributed by atoms with Crippen LogP contribution in [0.25, 0.3) is 0 Å². The number of nitrogens with zero attached hydrogens (tertiary/aromatic N) is 1. The number of quaternary nitrogens is 1. The van der Waals surface area contributed by atoms with Crippen LogP contribution in [0.5, 0.6) is 0 Å². The van der Waals surface area contributed by atoms with Crippen molar-refractivity contribution in [3.63, 3.8) is 0 Å². The van der Waals surface area contributed by atoms with E-state index in [1.54, 1.807) is 0 Å². The molecule has 0 aromatic heterocycles. The molecule has 0 radical (unpaired) electrons. The maximum absolute atomic E-state index is 10.8. The third-order valence-electron chi connectivity index (χ3n) is 3.33. The molecular weight excluding hydrogens is 274 g/mol. The SMILES string of the molecule is CC(=O)OCC[N+]1(CCCS(=O)(=O)O)CCOCC1. The van der Waals surface area contributed by atoms with Gasteiger partial charge in [-0.25, -0.2) is 0 Å². The van der Waals surface area contributed by atoms with Crippen molar-refractivity contribution in [1.29, 1.82) is 0 Å². The Kier molecular flexibility index (Phi) is 6.18. The van der Waals surface area contributed by atoms with Crippen molar-refractivity contribution in [3.05, 3.63) is 0 Å². The highest BCUT2D eigenvalue weighted by Crippen LogP contribution is 2.13. The van der Waals surface area contributed by atoms with Crippen LogP contribution in [0, 0.1) is 0 Å². The van der Waals surface area contributed by atoms with Crippen LogP contribution in [0.2, 0.25) is 0 Å². The predicted molar refractivity (Wildman–Crippen MR) is 68.2 cm³/mol. The van der Waals surface area contributed by atoms with E-state index >= 15 is 0 Å². The van der Waals surface area contributed by atoms with Crippen molar-refractivity contribution in [2.24, 2.45) is 0 Å². The molecule has 1 heterocycles. The fraction of sp³-hybridized carbons (Fsp3) is 0.909. The Morgan fingerprint density at radius 2 is 1.95 bits per heavy atom. The van der Waals surface area contributed by atoms with Crippen LogP contribution in [0.1, 0.15) is 13.3 Å². The third-order valence-corrected chi connectivity index (χ3v) is 4.13. The zero-order valence-electron chi connectivity index (χ0n) is 11.2. The second-order valence-electron chi connectivity index (χ2n) is 4.83. The number of ether oxygens (including phenoxy) is 2. The average molecular weight is 296 g/mol. The molecule has 0 saturated carbocycles. The van der Waals surface area contributed by atoms with E-state index in [0.717, 1.165) is 13.1 Å². The minimum atomic E-state index is -3.91. The molecule has 1 aliphatic heterocycles. The number of morpholine rings is 1. The maximum Gasteiger partial charge on any atom is 0.302 e. The second-order valence-corrected chi connectivity index (χ2v) is 6.40. The number of hydrogen-bond acceptors (Lipinski definition) is 5. The zero-order chi connectivity index (χ0) is 14.4. The summed E-state index contributed by atoms with van der Waals surface area (Å²) in [5.41, 5.74) is 0. The minimum Gasteiger partial charge on any atom is -0.460 e. The van der Waals surface area contributed by atoms with Gasteiger partial charge in [0.2, 0.25) is 0 Å². The van der Waals surface area contributed by atoms with Gasteiger partial charge < -0.3 is 14.0 Å². The van der Waals surface area contributed by atoms with Gasteiger partial charge in [0.1, 0.15) is 26.2 Å². The van der Waals surface area contributed by atoms with Crippen LogP contribution in [-0.2, 0) is 24.4 Å². The molecule has 19 heavy (non-hydrogen) atoms. The molecule has 0 aromatic rings. The summed E-state index contributed by atoms with van der Waals surface area (Å²) in [5.74, 6) is -0.550. The summed E-state index contributed by atoms with van der Waals surface area (Å²) in [7, 11) is -3.91. The van der Waals surface area contributed by atoms with E-state index in [9.17, 15) is 13.2 Å². The predicted octanol–water partition coefficient (Wildman–Crippen LogP) is -0.326. The molecule has 8 heteroatoms. The molecule has 0 unspecified atom stereocenters. The standard InChI is InChI=1S/C11H21NO6S/c1-11(13)18-9-6-12(4-7-17-8-5-12)3-2-10-19(14,15)16/h2-10H2,1H3/p+1. The monoisotopic (exact) mass is 296 g/mol. The van der Waals surface area contributed by atoms with E-state index in [1.807, 2.05) is 0 Å². The van der Waals surface area contributed by atoms with Crippen LogP contribution in [-0.4, -0.2) is 75.2 Å². The molecule has 0 atom stereocenters. The summed E-state index contributed by atoms with van der Waals surface area (Å²) in [5, 5.41) is 0. The number of hydrogen-bond donors (Lipinski definition) is 1. The minimum absolute atomic E-state index is 0.235. The zero-order valence-corrected chi connectivity index (χ0v) is 12.0. The quantitative estimate of drug-likeness (QED) is 0.393. The molecule has 0 aliphatic carbocycles. The first-order valence-corrected chi connectivity index (χ1v) is 7.95. The fourth-order valence-electron chi connectivity index (χ4n) is 2.25. The molecule has 1 saturated heterocycles. The topological polar surface area (TPSA) is 89.9 Å². The van der Waals surface area contributed by atoms with E-state index in [4.69, 9.17) is 14.0 Å². The average Bonchev–Trinajstić information content (AvgIpc) is 2.28. The van der Waals surface area contributed by atoms with Crippen LogP contribution in [0.15, 0.2) is 0 Å². The lowest BCUT2D eigenvalue weighted by Gasteiger charge is -2.41. The van der Waals surface area contributed by atoms with Gasteiger partial charge in [-0.3, -0.25) is 9.35 Å². The summed E-state index contributed by atoms with van der Waals surface area (Å²) in [4.78, 5) is 10.8. The van der Waals surface area contributed by atoms with E-state index in [2.05, 4.69) is 0 Å². The lowest BCUT2D eigenvalue weighted by molar-refractivity contribution is -0.935. The first kappa shape index (κ1) is 16.4. The highest BCUT2D eigenvalue weighted by atomic mass is 32.2. The molecule has 7 nitrogen and oxygen atoms in total. The van der Waals surface area contributed by atoms with Crippen LogP contribution in [0.3, 0.4) is 0 Å². The molecule has 112 valence electrons. The largest absolute Gasteiger partial charge is 0.460 e. The van der Waals surface area contributed by atoms with Gasteiger partial charge in [0, 0.05) is 13.3 Å². The first-order chi connectivity index (χ1) is 8.83. The molecule has 1 aliphatic rings. The Balaban J connectivity index is 2.47. The Morgan fingerprint density at radius 1 is 1.32 bits per heavy atom. The van der Waals surface area contributed by atoms with Gasteiger partial charge >= 0.3 is 5.97 Å².